The average molecular weight is 574 g/mol. The standard InChI is InChI=1S/C21H28BrN5O.HI/c1-23-21(27(3)14-19-11-17(22)13-26(19)2)24-12-15-6-4-9-18(10-15)25-20(28)16-7-5-8-16;/h4,6,9-11,13,16H,5,7-8,12,14H2,1-3H3,(H,23,24)(H,25,28);1H. The fourth-order valence-corrected chi connectivity index (χ4v) is 3.85. The molecule has 29 heavy (non-hydrogen) atoms. The number of hydrogen-bond acceptors (Lipinski definition) is 2. The number of hydrogen-bond donors (Lipinski definition) is 2. The molecular formula is C21H29BrIN5O. The van der Waals surface area contributed by atoms with Gasteiger partial charge in [-0.15, -0.1) is 24.0 Å². The molecule has 1 aromatic heterocycles. The third kappa shape index (κ3) is 6.47. The molecule has 0 unspecified atom stereocenters. The number of benzene rings is 1. The Hall–Kier alpha value is -1.55. The van der Waals surface area contributed by atoms with Gasteiger partial charge in [-0.05, 0) is 52.5 Å². The molecule has 3 rings (SSSR count). The molecule has 0 spiro atoms. The number of halogens is 2. The van der Waals surface area contributed by atoms with Crippen LogP contribution in [0.1, 0.15) is 30.5 Å². The topological polar surface area (TPSA) is 61.7 Å². The van der Waals surface area contributed by atoms with Crippen molar-refractivity contribution in [2.45, 2.75) is 32.4 Å². The number of anilines is 1. The maximum Gasteiger partial charge on any atom is 0.227 e. The lowest BCUT2D eigenvalue weighted by molar-refractivity contribution is -0.122. The predicted molar refractivity (Wildman–Crippen MR) is 133 cm³/mol. The summed E-state index contributed by atoms with van der Waals surface area (Å²) in [6, 6.07) is 10.1. The van der Waals surface area contributed by atoms with Gasteiger partial charge >= 0.3 is 0 Å². The summed E-state index contributed by atoms with van der Waals surface area (Å²) in [5, 5.41) is 6.44. The highest BCUT2D eigenvalue weighted by molar-refractivity contribution is 14.0. The minimum Gasteiger partial charge on any atom is -0.352 e. The summed E-state index contributed by atoms with van der Waals surface area (Å²) in [5.41, 5.74) is 3.15. The molecule has 0 aliphatic heterocycles. The van der Waals surface area contributed by atoms with Crippen LogP contribution in [0, 0.1) is 5.92 Å². The lowest BCUT2D eigenvalue weighted by Gasteiger charge is -2.24. The highest BCUT2D eigenvalue weighted by Crippen LogP contribution is 2.27. The number of nitrogens with one attached hydrogen (secondary N) is 2. The molecule has 2 aromatic rings. The molecule has 1 heterocycles. The van der Waals surface area contributed by atoms with Crippen LogP contribution in [0.15, 0.2) is 46.0 Å². The van der Waals surface area contributed by atoms with Crippen molar-refractivity contribution in [2.24, 2.45) is 18.0 Å². The van der Waals surface area contributed by atoms with Crippen LogP contribution in [0.25, 0.3) is 0 Å². The van der Waals surface area contributed by atoms with E-state index >= 15 is 0 Å². The average Bonchev–Trinajstić information content (AvgIpc) is 2.91. The van der Waals surface area contributed by atoms with Gasteiger partial charge < -0.3 is 20.1 Å². The normalized spacial score (nSPS) is 14.0. The molecule has 1 fully saturated rings. The van der Waals surface area contributed by atoms with Crippen molar-refractivity contribution >= 4 is 57.5 Å². The predicted octanol–water partition coefficient (Wildman–Crippen LogP) is 4.35. The third-order valence-electron chi connectivity index (χ3n) is 5.17. The van der Waals surface area contributed by atoms with E-state index in [1.54, 1.807) is 7.05 Å². The lowest BCUT2D eigenvalue weighted by atomic mass is 9.85. The Morgan fingerprint density at radius 3 is 2.69 bits per heavy atom. The van der Waals surface area contributed by atoms with Crippen LogP contribution >= 0.6 is 39.9 Å². The molecule has 1 saturated carbocycles. The van der Waals surface area contributed by atoms with E-state index in [2.05, 4.69) is 47.1 Å². The monoisotopic (exact) mass is 573 g/mol. The van der Waals surface area contributed by atoms with Crippen molar-refractivity contribution in [1.82, 2.24) is 14.8 Å². The molecule has 0 radical (unpaired) electrons. The number of nitrogens with zero attached hydrogens (tertiary/aromatic N) is 3. The fourth-order valence-electron chi connectivity index (χ4n) is 3.28. The van der Waals surface area contributed by atoms with Gasteiger partial charge in [0.15, 0.2) is 5.96 Å². The van der Waals surface area contributed by atoms with Crippen molar-refractivity contribution in [3.8, 4) is 0 Å². The number of amides is 1. The van der Waals surface area contributed by atoms with E-state index in [1.807, 2.05) is 44.6 Å². The van der Waals surface area contributed by atoms with Crippen molar-refractivity contribution in [3.63, 3.8) is 0 Å². The van der Waals surface area contributed by atoms with Gasteiger partial charge in [0.05, 0.1) is 6.54 Å². The van der Waals surface area contributed by atoms with Gasteiger partial charge in [-0.1, -0.05) is 18.6 Å². The molecule has 1 aliphatic carbocycles. The summed E-state index contributed by atoms with van der Waals surface area (Å²) in [6.45, 7) is 1.39. The summed E-state index contributed by atoms with van der Waals surface area (Å²) in [5.74, 6) is 1.15. The third-order valence-corrected chi connectivity index (χ3v) is 5.60. The first-order valence-electron chi connectivity index (χ1n) is 9.58. The number of guanidine groups is 1. The van der Waals surface area contributed by atoms with E-state index in [4.69, 9.17) is 0 Å². The maximum absolute atomic E-state index is 12.2. The van der Waals surface area contributed by atoms with E-state index in [0.717, 1.165) is 47.5 Å². The second-order valence-electron chi connectivity index (χ2n) is 7.33. The van der Waals surface area contributed by atoms with Crippen molar-refractivity contribution < 1.29 is 4.79 Å². The second kappa shape index (κ2) is 11.0. The van der Waals surface area contributed by atoms with E-state index in [-0.39, 0.29) is 35.8 Å². The summed E-state index contributed by atoms with van der Waals surface area (Å²) >= 11 is 3.51. The minimum absolute atomic E-state index is 0. The van der Waals surface area contributed by atoms with E-state index in [1.165, 1.54) is 5.69 Å². The molecule has 0 bridgehead atoms. The van der Waals surface area contributed by atoms with Gasteiger partial charge in [-0.25, -0.2) is 0 Å². The van der Waals surface area contributed by atoms with Crippen LogP contribution in [0.2, 0.25) is 0 Å². The Labute approximate surface area is 198 Å². The molecule has 158 valence electrons. The summed E-state index contributed by atoms with van der Waals surface area (Å²) in [7, 11) is 5.84. The van der Waals surface area contributed by atoms with Gasteiger partial charge in [0.2, 0.25) is 5.91 Å². The van der Waals surface area contributed by atoms with Gasteiger partial charge in [-0.3, -0.25) is 9.79 Å². The summed E-state index contributed by atoms with van der Waals surface area (Å²) < 4.78 is 3.17. The van der Waals surface area contributed by atoms with Crippen LogP contribution in [0.3, 0.4) is 0 Å². The Balaban J connectivity index is 0.00000300. The van der Waals surface area contributed by atoms with E-state index < -0.39 is 0 Å². The number of aromatic nitrogens is 1. The zero-order valence-electron chi connectivity index (χ0n) is 17.1. The second-order valence-corrected chi connectivity index (χ2v) is 8.25. The van der Waals surface area contributed by atoms with Crippen molar-refractivity contribution in [1.29, 1.82) is 0 Å². The number of carbonyl (C=O) groups excluding carboxylic acids is 1. The lowest BCUT2D eigenvalue weighted by Crippen LogP contribution is -2.38. The molecule has 1 amide bonds. The molecule has 0 atom stereocenters. The van der Waals surface area contributed by atoms with Crippen molar-refractivity contribution in [3.05, 3.63) is 52.3 Å². The van der Waals surface area contributed by atoms with Crippen molar-refractivity contribution in [2.75, 3.05) is 19.4 Å². The largest absolute Gasteiger partial charge is 0.352 e. The van der Waals surface area contributed by atoms with Crippen LogP contribution in [-0.2, 0) is 24.9 Å². The fraction of sp³-hybridized carbons (Fsp3) is 0.429. The van der Waals surface area contributed by atoms with Gasteiger partial charge in [-0.2, -0.15) is 0 Å². The maximum atomic E-state index is 12.2. The first kappa shape index (κ1) is 23.7. The van der Waals surface area contributed by atoms with Gasteiger partial charge in [0, 0.05) is 55.7 Å². The molecule has 1 aromatic carbocycles. The highest BCUT2D eigenvalue weighted by atomic mass is 127. The Morgan fingerprint density at radius 1 is 1.34 bits per heavy atom. The quantitative estimate of drug-likeness (QED) is 0.307. The van der Waals surface area contributed by atoms with Crippen LogP contribution in [0.4, 0.5) is 5.69 Å². The molecular weight excluding hydrogens is 545 g/mol. The zero-order chi connectivity index (χ0) is 20.1. The number of aliphatic imine (C=N–C) groups is 1. The Kier molecular flexibility index (Phi) is 9.01. The molecule has 2 N–H and O–H groups in total. The van der Waals surface area contributed by atoms with Gasteiger partial charge in [0.25, 0.3) is 0 Å². The van der Waals surface area contributed by atoms with Crippen LogP contribution < -0.4 is 10.6 Å². The van der Waals surface area contributed by atoms with E-state index in [9.17, 15) is 4.79 Å². The zero-order valence-corrected chi connectivity index (χ0v) is 21.0. The van der Waals surface area contributed by atoms with E-state index in [0.29, 0.717) is 6.54 Å². The number of rotatable bonds is 6. The molecule has 8 heteroatoms. The first-order valence-corrected chi connectivity index (χ1v) is 10.4. The summed E-state index contributed by atoms with van der Waals surface area (Å²) in [6.07, 6.45) is 5.22. The van der Waals surface area contributed by atoms with Crippen LogP contribution in [0.5, 0.6) is 0 Å². The number of aryl methyl sites for hydroxylation is 1. The molecule has 0 saturated heterocycles. The smallest absolute Gasteiger partial charge is 0.227 e. The Bertz CT molecular complexity index is 863. The van der Waals surface area contributed by atoms with Crippen LogP contribution in [-0.4, -0.2) is 35.4 Å². The summed E-state index contributed by atoms with van der Waals surface area (Å²) in [4.78, 5) is 18.6. The Morgan fingerprint density at radius 2 is 2.10 bits per heavy atom. The SMILES string of the molecule is CN=C(NCc1cccc(NC(=O)C2CCC2)c1)N(C)Cc1cc(Br)cn1C.I. The molecule has 1 aliphatic rings. The number of carbonyl (C=O) groups is 1. The van der Waals surface area contributed by atoms with Gasteiger partial charge in [0.1, 0.15) is 0 Å². The first-order chi connectivity index (χ1) is 13.5. The minimum atomic E-state index is 0. The molecule has 6 nitrogen and oxygen atoms in total. The highest BCUT2D eigenvalue weighted by Gasteiger charge is 2.25.